The van der Waals surface area contributed by atoms with E-state index in [2.05, 4.69) is 15.5 Å². The zero-order valence-electron chi connectivity index (χ0n) is 19.4. The number of thiocarbonyl (C=S) groups is 1. The lowest BCUT2D eigenvalue weighted by Crippen LogP contribution is -2.46. The van der Waals surface area contributed by atoms with Gasteiger partial charge in [-0.2, -0.15) is 4.98 Å². The molecule has 1 aliphatic rings. The van der Waals surface area contributed by atoms with Gasteiger partial charge in [0.1, 0.15) is 0 Å². The maximum Gasteiger partial charge on any atom is 0.258 e. The van der Waals surface area contributed by atoms with Gasteiger partial charge in [-0.15, -0.1) is 0 Å². The predicted molar refractivity (Wildman–Crippen MR) is 132 cm³/mol. The molecule has 1 N–H and O–H groups in total. The summed E-state index contributed by atoms with van der Waals surface area (Å²) in [5, 5.41) is 8.18. The topological polar surface area (TPSA) is 72.7 Å². The van der Waals surface area contributed by atoms with Gasteiger partial charge in [0.15, 0.2) is 16.7 Å². The van der Waals surface area contributed by atoms with Gasteiger partial charge in [-0.05, 0) is 56.2 Å². The molecule has 34 heavy (non-hydrogen) atoms. The second-order valence-electron chi connectivity index (χ2n) is 7.77. The smallest absolute Gasteiger partial charge is 0.258 e. The van der Waals surface area contributed by atoms with Crippen LogP contribution in [-0.4, -0.2) is 47.0 Å². The summed E-state index contributed by atoms with van der Waals surface area (Å²) in [4.78, 5) is 6.65. The van der Waals surface area contributed by atoms with Crippen LogP contribution in [0.15, 0.2) is 58.8 Å². The molecule has 1 atom stereocenters. The maximum atomic E-state index is 14.2. The Kier molecular flexibility index (Phi) is 7.54. The molecule has 2 heterocycles. The summed E-state index contributed by atoms with van der Waals surface area (Å²) in [7, 11) is 1.42. The van der Waals surface area contributed by atoms with Gasteiger partial charge in [0.05, 0.1) is 18.7 Å². The SMILES string of the molecule is CCOCCCN1C(=S)NC(c2ccccc2)C(c2nc(-c3ccc(OC)c(F)c3)no2)=C1C. The Morgan fingerprint density at radius 1 is 1.21 bits per heavy atom. The van der Waals surface area contributed by atoms with E-state index < -0.39 is 5.82 Å². The largest absolute Gasteiger partial charge is 0.494 e. The first-order chi connectivity index (χ1) is 16.5. The van der Waals surface area contributed by atoms with Crippen LogP contribution in [0.25, 0.3) is 17.0 Å². The first-order valence-corrected chi connectivity index (χ1v) is 11.5. The van der Waals surface area contributed by atoms with Crippen LogP contribution in [0, 0.1) is 5.82 Å². The molecule has 4 rings (SSSR count). The fraction of sp³-hybridized carbons (Fsp3) is 0.320. The predicted octanol–water partition coefficient (Wildman–Crippen LogP) is 4.97. The molecule has 1 aromatic heterocycles. The highest BCUT2D eigenvalue weighted by Crippen LogP contribution is 2.37. The summed E-state index contributed by atoms with van der Waals surface area (Å²) in [6.07, 6.45) is 0.816. The van der Waals surface area contributed by atoms with Crippen LogP contribution in [0.2, 0.25) is 0 Å². The van der Waals surface area contributed by atoms with E-state index >= 15 is 0 Å². The van der Waals surface area contributed by atoms with Crippen molar-refractivity contribution >= 4 is 22.9 Å². The highest BCUT2D eigenvalue weighted by Gasteiger charge is 2.33. The van der Waals surface area contributed by atoms with Gasteiger partial charge in [0.25, 0.3) is 5.89 Å². The van der Waals surface area contributed by atoms with Crippen molar-refractivity contribution in [2.45, 2.75) is 26.3 Å². The minimum atomic E-state index is -0.492. The molecule has 0 aliphatic carbocycles. The lowest BCUT2D eigenvalue weighted by molar-refractivity contribution is 0.141. The van der Waals surface area contributed by atoms with E-state index in [1.807, 2.05) is 49.1 Å². The average Bonchev–Trinajstić information content (AvgIpc) is 3.33. The lowest BCUT2D eigenvalue weighted by atomic mass is 9.95. The second-order valence-corrected chi connectivity index (χ2v) is 8.15. The Morgan fingerprint density at radius 3 is 2.71 bits per heavy atom. The molecular weight excluding hydrogens is 455 g/mol. The van der Waals surface area contributed by atoms with Gasteiger partial charge < -0.3 is 24.2 Å². The average molecular weight is 483 g/mol. The highest BCUT2D eigenvalue weighted by molar-refractivity contribution is 7.80. The van der Waals surface area contributed by atoms with Crippen LogP contribution < -0.4 is 10.1 Å². The third kappa shape index (κ3) is 4.95. The van der Waals surface area contributed by atoms with Crippen LogP contribution >= 0.6 is 12.2 Å². The van der Waals surface area contributed by atoms with Crippen molar-refractivity contribution in [1.82, 2.24) is 20.4 Å². The lowest BCUT2D eigenvalue weighted by Gasteiger charge is -2.37. The normalized spacial score (nSPS) is 16.1. The van der Waals surface area contributed by atoms with E-state index in [9.17, 15) is 4.39 Å². The van der Waals surface area contributed by atoms with E-state index in [0.29, 0.717) is 42.1 Å². The molecule has 0 bridgehead atoms. The standard InChI is InChI=1S/C25H27FN4O3S/c1-4-32-14-8-13-30-16(2)21(22(27-25(30)34)17-9-6-5-7-10-17)24-28-23(29-33-24)18-11-12-20(31-3)19(26)15-18/h5-7,9-12,15,22H,4,8,13-14H2,1-3H3,(H,27,34). The Bertz CT molecular complexity index is 1180. The van der Waals surface area contributed by atoms with Crippen molar-refractivity contribution in [3.63, 3.8) is 0 Å². The number of methoxy groups -OCH3 is 1. The number of ether oxygens (including phenoxy) is 2. The number of allylic oxidation sites excluding steroid dienone is 1. The number of nitrogens with one attached hydrogen (secondary N) is 1. The van der Waals surface area contributed by atoms with E-state index in [1.165, 1.54) is 13.2 Å². The fourth-order valence-corrected chi connectivity index (χ4v) is 4.29. The van der Waals surface area contributed by atoms with Crippen LogP contribution in [0.3, 0.4) is 0 Å². The number of rotatable bonds is 9. The Balaban J connectivity index is 1.72. The first-order valence-electron chi connectivity index (χ1n) is 11.1. The van der Waals surface area contributed by atoms with Crippen LogP contribution in [-0.2, 0) is 4.74 Å². The molecule has 0 fully saturated rings. The molecular formula is C25H27FN4O3S. The van der Waals surface area contributed by atoms with E-state index in [-0.39, 0.29) is 11.8 Å². The van der Waals surface area contributed by atoms with E-state index in [4.69, 9.17) is 26.2 Å². The third-order valence-electron chi connectivity index (χ3n) is 5.67. The first kappa shape index (κ1) is 23.8. The molecule has 0 radical (unpaired) electrons. The Hall–Kier alpha value is -3.30. The van der Waals surface area contributed by atoms with Gasteiger partial charge in [0.2, 0.25) is 5.82 Å². The summed E-state index contributed by atoms with van der Waals surface area (Å²) >= 11 is 5.70. The number of hydrogen-bond acceptors (Lipinski definition) is 6. The van der Waals surface area contributed by atoms with Crippen molar-refractivity contribution < 1.29 is 18.4 Å². The summed E-state index contributed by atoms with van der Waals surface area (Å²) < 4.78 is 30.4. The van der Waals surface area contributed by atoms with Crippen molar-refractivity contribution in [1.29, 1.82) is 0 Å². The second kappa shape index (κ2) is 10.8. The molecule has 9 heteroatoms. The molecule has 1 unspecified atom stereocenters. The van der Waals surface area contributed by atoms with Gasteiger partial charge in [-0.25, -0.2) is 4.39 Å². The maximum absolute atomic E-state index is 14.2. The van der Waals surface area contributed by atoms with Crippen LogP contribution in [0.4, 0.5) is 4.39 Å². The monoisotopic (exact) mass is 482 g/mol. The summed E-state index contributed by atoms with van der Waals surface area (Å²) in [5.74, 6) is 0.305. The molecule has 0 spiro atoms. The van der Waals surface area contributed by atoms with Gasteiger partial charge in [0, 0.05) is 31.0 Å². The minimum Gasteiger partial charge on any atom is -0.494 e. The molecule has 3 aromatic rings. The van der Waals surface area contributed by atoms with E-state index in [0.717, 1.165) is 23.3 Å². The highest BCUT2D eigenvalue weighted by atomic mass is 32.1. The van der Waals surface area contributed by atoms with Crippen molar-refractivity contribution in [2.75, 3.05) is 26.9 Å². The molecule has 0 saturated carbocycles. The number of benzene rings is 2. The zero-order chi connectivity index (χ0) is 24.1. The van der Waals surface area contributed by atoms with Crippen LogP contribution in [0.1, 0.15) is 37.8 Å². The van der Waals surface area contributed by atoms with Gasteiger partial charge >= 0.3 is 0 Å². The summed E-state index contributed by atoms with van der Waals surface area (Å²) in [5.41, 5.74) is 3.26. The summed E-state index contributed by atoms with van der Waals surface area (Å²) in [6, 6.07) is 14.3. The third-order valence-corrected chi connectivity index (χ3v) is 6.01. The molecule has 178 valence electrons. The molecule has 0 saturated heterocycles. The molecule has 1 aliphatic heterocycles. The number of halogens is 1. The fourth-order valence-electron chi connectivity index (χ4n) is 3.95. The summed E-state index contributed by atoms with van der Waals surface area (Å²) in [6.45, 7) is 5.98. The van der Waals surface area contributed by atoms with Crippen molar-refractivity contribution in [3.8, 4) is 17.1 Å². The van der Waals surface area contributed by atoms with Gasteiger partial charge in [-0.1, -0.05) is 35.5 Å². The van der Waals surface area contributed by atoms with Gasteiger partial charge in [-0.3, -0.25) is 0 Å². The van der Waals surface area contributed by atoms with E-state index in [1.54, 1.807) is 12.1 Å². The van der Waals surface area contributed by atoms with Crippen LogP contribution in [0.5, 0.6) is 5.75 Å². The van der Waals surface area contributed by atoms with Crippen molar-refractivity contribution in [3.05, 3.63) is 71.5 Å². The zero-order valence-corrected chi connectivity index (χ0v) is 20.2. The molecule has 7 nitrogen and oxygen atoms in total. The number of aromatic nitrogens is 2. The quantitative estimate of drug-likeness (QED) is 0.338. The minimum absolute atomic E-state index is 0.155. The van der Waals surface area contributed by atoms with Crippen molar-refractivity contribution in [2.24, 2.45) is 0 Å². The number of hydrogen-bond donors (Lipinski definition) is 1. The Labute approximate surface area is 203 Å². The molecule has 2 aromatic carbocycles. The number of nitrogens with zero attached hydrogens (tertiary/aromatic N) is 3. The molecule has 0 amide bonds. The Morgan fingerprint density at radius 2 is 2.00 bits per heavy atom.